The summed E-state index contributed by atoms with van der Waals surface area (Å²) in [6.07, 6.45) is 1.65. The summed E-state index contributed by atoms with van der Waals surface area (Å²) in [6.45, 7) is 6.89. The number of hydrogen-bond donors (Lipinski definition) is 0. The van der Waals surface area contributed by atoms with Gasteiger partial charge in [0.2, 0.25) is 3.79 Å². The molecule has 17 heavy (non-hydrogen) atoms. The molecule has 0 aromatic heterocycles. The van der Waals surface area contributed by atoms with Crippen molar-refractivity contribution in [1.82, 2.24) is 0 Å². The van der Waals surface area contributed by atoms with Crippen LogP contribution in [0.4, 0.5) is 0 Å². The number of halogens is 4. The minimum Gasteiger partial charge on any atom is -0.142 e. The summed E-state index contributed by atoms with van der Waals surface area (Å²) >= 11 is 24.6. The zero-order chi connectivity index (χ0) is 13.3. The highest BCUT2D eigenvalue weighted by atomic mass is 79.9. The number of allylic oxidation sites excluding steroid dienone is 1. The van der Waals surface area contributed by atoms with Gasteiger partial charge in [-0.25, -0.2) is 0 Å². The summed E-state index contributed by atoms with van der Waals surface area (Å²) in [5, 5.41) is 0. The Labute approximate surface area is 136 Å². The summed E-state index contributed by atoms with van der Waals surface area (Å²) in [6, 6.07) is 0. The van der Waals surface area contributed by atoms with Crippen molar-refractivity contribution >= 4 is 74.3 Å². The molecular weight excluding hydrogens is 383 g/mol. The molecule has 1 heterocycles. The predicted molar refractivity (Wildman–Crippen MR) is 88.9 cm³/mol. The van der Waals surface area contributed by atoms with E-state index in [1.54, 1.807) is 6.08 Å². The molecule has 0 N–H and O–H groups in total. The van der Waals surface area contributed by atoms with E-state index in [1.807, 2.05) is 23.5 Å². The van der Waals surface area contributed by atoms with Gasteiger partial charge >= 0.3 is 0 Å². The number of rotatable bonds is 1. The summed E-state index contributed by atoms with van der Waals surface area (Å²) in [4.78, 5) is 0. The van der Waals surface area contributed by atoms with Gasteiger partial charge in [0.25, 0.3) is 0 Å². The smallest absolute Gasteiger partial charge is 0.142 e. The van der Waals surface area contributed by atoms with Gasteiger partial charge in [0, 0.05) is 4.48 Å². The van der Waals surface area contributed by atoms with Crippen molar-refractivity contribution < 1.29 is 0 Å². The SMILES string of the molecule is CC(C)(C)C1CSC(C(Br)=CC(Cl)(Cl)Cl)SC1. The summed E-state index contributed by atoms with van der Waals surface area (Å²) in [5.41, 5.74) is 0.371. The fourth-order valence-electron chi connectivity index (χ4n) is 1.39. The molecule has 0 nitrogen and oxygen atoms in total. The van der Waals surface area contributed by atoms with Gasteiger partial charge in [0.1, 0.15) is 0 Å². The predicted octanol–water partition coefficient (Wildman–Crippen LogP) is 6.10. The highest BCUT2D eigenvalue weighted by Gasteiger charge is 2.32. The molecule has 0 atom stereocenters. The Morgan fingerprint density at radius 2 is 1.65 bits per heavy atom. The van der Waals surface area contributed by atoms with E-state index in [9.17, 15) is 0 Å². The lowest BCUT2D eigenvalue weighted by Gasteiger charge is -2.36. The third-order valence-electron chi connectivity index (χ3n) is 2.65. The van der Waals surface area contributed by atoms with Crippen molar-refractivity contribution in [3.63, 3.8) is 0 Å². The lowest BCUT2D eigenvalue weighted by molar-refractivity contribution is 0.293. The van der Waals surface area contributed by atoms with E-state index in [1.165, 1.54) is 0 Å². The van der Waals surface area contributed by atoms with Crippen LogP contribution >= 0.6 is 74.3 Å². The van der Waals surface area contributed by atoms with E-state index in [0.717, 1.165) is 21.9 Å². The Hall–Kier alpha value is 1.79. The topological polar surface area (TPSA) is 0 Å². The van der Waals surface area contributed by atoms with Crippen LogP contribution < -0.4 is 0 Å². The van der Waals surface area contributed by atoms with Crippen LogP contribution in [-0.2, 0) is 0 Å². The van der Waals surface area contributed by atoms with Crippen LogP contribution in [0.3, 0.4) is 0 Å². The van der Waals surface area contributed by atoms with Crippen molar-refractivity contribution in [2.24, 2.45) is 11.3 Å². The first-order valence-electron chi connectivity index (χ1n) is 5.28. The number of alkyl halides is 3. The average Bonchev–Trinajstić information content (AvgIpc) is 2.14. The van der Waals surface area contributed by atoms with Crippen molar-refractivity contribution in [2.45, 2.75) is 29.1 Å². The fourth-order valence-corrected chi connectivity index (χ4v) is 6.78. The fraction of sp³-hybridized carbons (Fsp3) is 0.818. The van der Waals surface area contributed by atoms with Gasteiger partial charge < -0.3 is 0 Å². The lowest BCUT2D eigenvalue weighted by atomic mass is 9.83. The van der Waals surface area contributed by atoms with Crippen LogP contribution in [0.2, 0.25) is 0 Å². The zero-order valence-corrected chi connectivity index (χ0v) is 15.5. The third-order valence-corrected chi connectivity index (χ3v) is 7.39. The molecular formula is C11H16BrCl3S2. The Kier molecular flexibility index (Phi) is 6.43. The molecule has 0 aromatic carbocycles. The highest BCUT2D eigenvalue weighted by molar-refractivity contribution is 9.12. The Morgan fingerprint density at radius 1 is 1.18 bits per heavy atom. The summed E-state index contributed by atoms with van der Waals surface area (Å²) in [7, 11) is 0. The monoisotopic (exact) mass is 396 g/mol. The molecule has 0 saturated carbocycles. The van der Waals surface area contributed by atoms with Crippen molar-refractivity contribution in [3.8, 4) is 0 Å². The summed E-state index contributed by atoms with van der Waals surface area (Å²) < 4.78 is 0.00460. The Balaban J connectivity index is 2.56. The maximum absolute atomic E-state index is 5.75. The molecule has 0 amide bonds. The minimum atomic E-state index is -1.32. The maximum atomic E-state index is 5.75. The van der Waals surface area contributed by atoms with E-state index in [0.29, 0.717) is 10.00 Å². The van der Waals surface area contributed by atoms with Crippen LogP contribution in [-0.4, -0.2) is 19.9 Å². The second-order valence-corrected chi connectivity index (χ2v) is 11.0. The van der Waals surface area contributed by atoms with Crippen LogP contribution in [0.15, 0.2) is 10.6 Å². The largest absolute Gasteiger partial charge is 0.210 e. The molecule has 1 fully saturated rings. The standard InChI is InChI=1S/C11H16BrCl3S2/c1-10(2,3)7-5-16-9(17-6-7)8(12)4-11(13,14)15/h4,7,9H,5-6H2,1-3H3. The molecule has 0 unspecified atom stereocenters. The van der Waals surface area contributed by atoms with E-state index in [4.69, 9.17) is 34.8 Å². The molecule has 1 aliphatic rings. The van der Waals surface area contributed by atoms with E-state index in [-0.39, 0.29) is 0 Å². The molecule has 0 bridgehead atoms. The van der Waals surface area contributed by atoms with Gasteiger partial charge in [0.05, 0.1) is 4.58 Å². The van der Waals surface area contributed by atoms with Gasteiger partial charge in [-0.05, 0) is 28.9 Å². The number of hydrogen-bond acceptors (Lipinski definition) is 2. The van der Waals surface area contributed by atoms with Gasteiger partial charge in [-0.15, -0.1) is 23.5 Å². The summed E-state index contributed by atoms with van der Waals surface area (Å²) in [5.74, 6) is 3.05. The van der Waals surface area contributed by atoms with Crippen molar-refractivity contribution in [3.05, 3.63) is 10.6 Å². The van der Waals surface area contributed by atoms with Crippen molar-refractivity contribution in [1.29, 1.82) is 0 Å². The highest BCUT2D eigenvalue weighted by Crippen LogP contribution is 2.46. The van der Waals surface area contributed by atoms with Gasteiger partial charge in [0.15, 0.2) is 0 Å². The normalized spacial score (nSPS) is 28.3. The van der Waals surface area contributed by atoms with Crippen LogP contribution in [0.25, 0.3) is 0 Å². The molecule has 6 heteroatoms. The quantitative estimate of drug-likeness (QED) is 0.489. The van der Waals surface area contributed by atoms with E-state index >= 15 is 0 Å². The third kappa shape index (κ3) is 6.18. The Morgan fingerprint density at radius 3 is 2.00 bits per heavy atom. The molecule has 0 spiro atoms. The average molecular weight is 399 g/mol. The second kappa shape index (κ2) is 6.49. The van der Waals surface area contributed by atoms with E-state index < -0.39 is 3.79 Å². The molecule has 1 rings (SSSR count). The van der Waals surface area contributed by atoms with Gasteiger partial charge in [-0.1, -0.05) is 71.5 Å². The molecule has 0 radical (unpaired) electrons. The molecule has 1 aliphatic heterocycles. The molecule has 100 valence electrons. The van der Waals surface area contributed by atoms with E-state index in [2.05, 4.69) is 36.7 Å². The molecule has 1 saturated heterocycles. The van der Waals surface area contributed by atoms with Gasteiger partial charge in [-0.2, -0.15) is 0 Å². The zero-order valence-electron chi connectivity index (χ0n) is 9.97. The van der Waals surface area contributed by atoms with Crippen LogP contribution in [0.1, 0.15) is 20.8 Å². The maximum Gasteiger partial charge on any atom is 0.210 e. The number of thioether (sulfide) groups is 2. The Bertz CT molecular complexity index is 286. The second-order valence-electron chi connectivity index (χ2n) is 5.13. The molecule has 0 aromatic rings. The van der Waals surface area contributed by atoms with Crippen molar-refractivity contribution in [2.75, 3.05) is 11.5 Å². The van der Waals surface area contributed by atoms with Crippen LogP contribution in [0.5, 0.6) is 0 Å². The van der Waals surface area contributed by atoms with Gasteiger partial charge in [-0.3, -0.25) is 0 Å². The lowest BCUT2D eigenvalue weighted by Crippen LogP contribution is -2.29. The minimum absolute atomic E-state index is 0.351. The van der Waals surface area contributed by atoms with Crippen LogP contribution in [0, 0.1) is 11.3 Å². The first-order chi connectivity index (χ1) is 7.59. The first kappa shape index (κ1) is 16.8. The first-order valence-corrected chi connectivity index (χ1v) is 9.30. The molecule has 0 aliphatic carbocycles.